The number of nitrogens with two attached hydrogens (primary N) is 1. The van der Waals surface area contributed by atoms with Crippen LogP contribution >= 0.6 is 0 Å². The van der Waals surface area contributed by atoms with Crippen molar-refractivity contribution in [2.45, 2.75) is 57.7 Å². The van der Waals surface area contributed by atoms with Gasteiger partial charge in [-0.2, -0.15) is 5.26 Å². The molecule has 0 unspecified atom stereocenters. The molecule has 1 heterocycles. The van der Waals surface area contributed by atoms with E-state index in [9.17, 15) is 18.5 Å². The lowest BCUT2D eigenvalue weighted by atomic mass is 9.95. The molecule has 1 amide bonds. The molecule has 7 nitrogen and oxygen atoms in total. The zero-order valence-corrected chi connectivity index (χ0v) is 18.7. The maximum absolute atomic E-state index is 12.7. The lowest BCUT2D eigenvalue weighted by molar-refractivity contribution is -0.112. The number of nitriles is 1. The van der Waals surface area contributed by atoms with Crippen LogP contribution in [-0.2, 0) is 20.6 Å². The summed E-state index contributed by atoms with van der Waals surface area (Å²) in [5.74, 6) is -0.872. The van der Waals surface area contributed by atoms with Gasteiger partial charge >= 0.3 is 0 Å². The van der Waals surface area contributed by atoms with E-state index < -0.39 is 15.9 Å². The molecule has 0 aliphatic heterocycles. The van der Waals surface area contributed by atoms with Gasteiger partial charge in [-0.05, 0) is 62.1 Å². The number of amides is 1. The first-order chi connectivity index (χ1) is 14.7. The number of aryl methyl sites for hydroxylation is 1. The first kappa shape index (κ1) is 22.8. The van der Waals surface area contributed by atoms with Crippen molar-refractivity contribution in [3.8, 4) is 6.07 Å². The van der Waals surface area contributed by atoms with Crippen LogP contribution in [0.5, 0.6) is 0 Å². The van der Waals surface area contributed by atoms with Crippen molar-refractivity contribution in [2.24, 2.45) is 5.14 Å². The van der Waals surface area contributed by atoms with Gasteiger partial charge in [-0.1, -0.05) is 31.4 Å². The lowest BCUT2D eigenvalue weighted by Gasteiger charge is -2.26. The van der Waals surface area contributed by atoms with Crippen molar-refractivity contribution in [3.05, 3.63) is 58.4 Å². The number of hydrogen-bond acceptors (Lipinski definition) is 4. The molecule has 0 atom stereocenters. The van der Waals surface area contributed by atoms with Gasteiger partial charge in [0.05, 0.1) is 5.75 Å². The minimum atomic E-state index is -3.68. The fourth-order valence-electron chi connectivity index (χ4n) is 4.32. The van der Waals surface area contributed by atoms with Crippen LogP contribution in [0, 0.1) is 25.2 Å². The largest absolute Gasteiger partial charge is 0.346 e. The molecule has 8 heteroatoms. The van der Waals surface area contributed by atoms with Crippen LogP contribution in [0.4, 0.5) is 5.69 Å². The summed E-state index contributed by atoms with van der Waals surface area (Å²) in [6, 6.07) is 10.9. The van der Waals surface area contributed by atoms with Crippen molar-refractivity contribution in [3.63, 3.8) is 0 Å². The molecule has 2 aromatic rings. The first-order valence-corrected chi connectivity index (χ1v) is 12.1. The van der Waals surface area contributed by atoms with E-state index in [0.717, 1.165) is 29.8 Å². The summed E-state index contributed by atoms with van der Waals surface area (Å²) in [7, 11) is -3.68. The topological polar surface area (TPSA) is 118 Å². The number of sulfonamides is 1. The fraction of sp³-hybridized carbons (Fsp3) is 0.391. The van der Waals surface area contributed by atoms with E-state index in [1.54, 1.807) is 24.3 Å². The molecule has 0 bridgehead atoms. The van der Waals surface area contributed by atoms with Crippen LogP contribution in [0.25, 0.3) is 6.08 Å². The van der Waals surface area contributed by atoms with Crippen LogP contribution in [0.2, 0.25) is 0 Å². The third-order valence-electron chi connectivity index (χ3n) is 5.68. The summed E-state index contributed by atoms with van der Waals surface area (Å²) < 4.78 is 24.9. The van der Waals surface area contributed by atoms with Crippen molar-refractivity contribution >= 4 is 27.7 Å². The van der Waals surface area contributed by atoms with E-state index in [2.05, 4.69) is 16.8 Å². The smallest absolute Gasteiger partial charge is 0.266 e. The standard InChI is InChI=1S/C23H28N4O3S/c1-16-11-19(17(2)27(16)22-9-4-3-5-10-22)13-20(14-24)23(28)26-21-8-6-7-18(12-21)15-31(25,29)30/h6-8,11-13,22H,3-5,9-10,15H2,1-2H3,(H,26,28)(H2,25,29,30)/b20-13-. The Kier molecular flexibility index (Phi) is 6.98. The molecular weight excluding hydrogens is 412 g/mol. The quantitative estimate of drug-likeness (QED) is 0.522. The Morgan fingerprint density at radius 1 is 1.26 bits per heavy atom. The maximum Gasteiger partial charge on any atom is 0.266 e. The summed E-state index contributed by atoms with van der Waals surface area (Å²) in [5, 5.41) is 17.3. The normalized spacial score (nSPS) is 15.5. The number of anilines is 1. The Labute approximate surface area is 183 Å². The first-order valence-electron chi connectivity index (χ1n) is 10.4. The van der Waals surface area contributed by atoms with E-state index in [1.807, 2.05) is 19.1 Å². The van der Waals surface area contributed by atoms with Crippen LogP contribution in [-0.4, -0.2) is 18.9 Å². The Balaban J connectivity index is 1.82. The predicted octanol–water partition coefficient (Wildman–Crippen LogP) is 3.94. The zero-order chi connectivity index (χ0) is 22.6. The molecule has 164 valence electrons. The Bertz CT molecular complexity index is 1150. The van der Waals surface area contributed by atoms with Crippen molar-refractivity contribution in [2.75, 3.05) is 5.32 Å². The number of carbonyl (C=O) groups is 1. The molecular formula is C23H28N4O3S. The van der Waals surface area contributed by atoms with Crippen LogP contribution in [0.15, 0.2) is 35.9 Å². The second kappa shape index (κ2) is 9.50. The highest BCUT2D eigenvalue weighted by molar-refractivity contribution is 7.88. The zero-order valence-electron chi connectivity index (χ0n) is 17.9. The summed E-state index contributed by atoms with van der Waals surface area (Å²) in [4.78, 5) is 12.7. The molecule has 1 aromatic carbocycles. The van der Waals surface area contributed by atoms with Gasteiger partial charge in [0.2, 0.25) is 10.0 Å². The number of hydrogen-bond donors (Lipinski definition) is 2. The molecule has 0 radical (unpaired) electrons. The Morgan fingerprint density at radius 3 is 2.61 bits per heavy atom. The number of rotatable bonds is 6. The third kappa shape index (κ3) is 5.84. The third-order valence-corrected chi connectivity index (χ3v) is 6.42. The summed E-state index contributed by atoms with van der Waals surface area (Å²) in [6.07, 6.45) is 7.65. The molecule has 1 aliphatic rings. The molecule has 3 N–H and O–H groups in total. The van der Waals surface area contributed by atoms with Crippen molar-refractivity contribution < 1.29 is 13.2 Å². The molecule has 1 fully saturated rings. The minimum Gasteiger partial charge on any atom is -0.346 e. The van der Waals surface area contributed by atoms with Gasteiger partial charge in [0.15, 0.2) is 0 Å². The lowest BCUT2D eigenvalue weighted by Crippen LogP contribution is -2.16. The van der Waals surface area contributed by atoms with Gasteiger partial charge < -0.3 is 9.88 Å². The van der Waals surface area contributed by atoms with E-state index in [0.29, 0.717) is 17.3 Å². The fourth-order valence-corrected chi connectivity index (χ4v) is 4.97. The molecule has 3 rings (SSSR count). The van der Waals surface area contributed by atoms with Gasteiger partial charge in [0.25, 0.3) is 5.91 Å². The monoisotopic (exact) mass is 440 g/mol. The summed E-state index contributed by atoms with van der Waals surface area (Å²) in [6.45, 7) is 4.08. The van der Waals surface area contributed by atoms with E-state index in [4.69, 9.17) is 5.14 Å². The summed E-state index contributed by atoms with van der Waals surface area (Å²) in [5.41, 5.74) is 3.89. The predicted molar refractivity (Wildman–Crippen MR) is 122 cm³/mol. The minimum absolute atomic E-state index is 0.0132. The van der Waals surface area contributed by atoms with Crippen molar-refractivity contribution in [1.82, 2.24) is 4.57 Å². The van der Waals surface area contributed by atoms with Gasteiger partial charge in [-0.15, -0.1) is 0 Å². The Hall–Kier alpha value is -2.89. The number of nitrogens with zero attached hydrogens (tertiary/aromatic N) is 2. The number of carbonyl (C=O) groups excluding carboxylic acids is 1. The second-order valence-electron chi connectivity index (χ2n) is 8.12. The molecule has 0 spiro atoms. The number of nitrogens with one attached hydrogen (secondary N) is 1. The second-order valence-corrected chi connectivity index (χ2v) is 9.73. The van der Waals surface area contributed by atoms with Gasteiger partial charge in [-0.3, -0.25) is 4.79 Å². The van der Waals surface area contributed by atoms with Gasteiger partial charge in [-0.25, -0.2) is 13.6 Å². The van der Waals surface area contributed by atoms with Crippen LogP contribution < -0.4 is 10.5 Å². The Morgan fingerprint density at radius 2 is 1.97 bits per heavy atom. The molecule has 31 heavy (non-hydrogen) atoms. The number of primary sulfonamides is 1. The van der Waals surface area contributed by atoms with Gasteiger partial charge in [0, 0.05) is 23.1 Å². The molecule has 1 saturated carbocycles. The average molecular weight is 441 g/mol. The highest BCUT2D eigenvalue weighted by Gasteiger charge is 2.20. The number of benzene rings is 1. The molecule has 1 aromatic heterocycles. The highest BCUT2D eigenvalue weighted by atomic mass is 32.2. The van der Waals surface area contributed by atoms with E-state index in [1.165, 1.54) is 25.3 Å². The van der Waals surface area contributed by atoms with Crippen molar-refractivity contribution in [1.29, 1.82) is 5.26 Å². The van der Waals surface area contributed by atoms with E-state index >= 15 is 0 Å². The average Bonchev–Trinajstić information content (AvgIpc) is 2.98. The molecule has 0 saturated heterocycles. The van der Waals surface area contributed by atoms with Gasteiger partial charge in [0.1, 0.15) is 11.6 Å². The SMILES string of the molecule is Cc1cc(/C=C(/C#N)C(=O)Nc2cccc(CS(N)(=O)=O)c2)c(C)n1C1CCCCC1. The molecule has 1 aliphatic carbocycles. The highest BCUT2D eigenvalue weighted by Crippen LogP contribution is 2.32. The van der Waals surface area contributed by atoms with Crippen LogP contribution in [0.3, 0.4) is 0 Å². The van der Waals surface area contributed by atoms with E-state index in [-0.39, 0.29) is 11.3 Å². The summed E-state index contributed by atoms with van der Waals surface area (Å²) >= 11 is 0. The van der Waals surface area contributed by atoms with Crippen LogP contribution in [0.1, 0.15) is 60.7 Å². The number of aromatic nitrogens is 1. The maximum atomic E-state index is 12.7.